The molecule has 1 heterocycles. The molecule has 1 aliphatic heterocycles. The van der Waals surface area contributed by atoms with Crippen LogP contribution in [-0.2, 0) is 4.74 Å². The molecular formula is C11H20O. The van der Waals surface area contributed by atoms with Crippen molar-refractivity contribution in [3.63, 3.8) is 0 Å². The minimum absolute atomic E-state index is 0.627. The van der Waals surface area contributed by atoms with Crippen molar-refractivity contribution >= 4 is 0 Å². The molecular weight excluding hydrogens is 148 g/mol. The summed E-state index contributed by atoms with van der Waals surface area (Å²) >= 11 is 0. The Morgan fingerprint density at radius 3 is 2.75 bits per heavy atom. The fourth-order valence-corrected chi connectivity index (χ4v) is 2.62. The third-order valence-electron chi connectivity index (χ3n) is 3.34. The van der Waals surface area contributed by atoms with Crippen molar-refractivity contribution in [2.24, 2.45) is 5.92 Å². The van der Waals surface area contributed by atoms with Crippen LogP contribution in [0.3, 0.4) is 0 Å². The van der Waals surface area contributed by atoms with E-state index >= 15 is 0 Å². The number of fused-ring (bicyclic) bond motifs is 2. The van der Waals surface area contributed by atoms with Crippen molar-refractivity contribution in [3.05, 3.63) is 0 Å². The SMILES string of the molecule is C1CCOC2CCCC(CC1)C2. The second-order valence-electron chi connectivity index (χ2n) is 4.37. The first-order chi connectivity index (χ1) is 5.95. The molecule has 70 valence electrons. The predicted octanol–water partition coefficient (Wildman–Crippen LogP) is 3.14. The minimum atomic E-state index is 0.627. The van der Waals surface area contributed by atoms with E-state index in [1.54, 1.807) is 0 Å². The predicted molar refractivity (Wildman–Crippen MR) is 50.2 cm³/mol. The largest absolute Gasteiger partial charge is 0.378 e. The van der Waals surface area contributed by atoms with Crippen LogP contribution in [0.1, 0.15) is 51.4 Å². The Hall–Kier alpha value is -0.0400. The van der Waals surface area contributed by atoms with Crippen LogP contribution in [0.2, 0.25) is 0 Å². The van der Waals surface area contributed by atoms with Crippen molar-refractivity contribution in [2.45, 2.75) is 57.5 Å². The average Bonchev–Trinajstić information content (AvgIpc) is 2.17. The van der Waals surface area contributed by atoms with Crippen LogP contribution < -0.4 is 0 Å². The van der Waals surface area contributed by atoms with Crippen LogP contribution >= 0.6 is 0 Å². The van der Waals surface area contributed by atoms with Crippen LogP contribution in [-0.4, -0.2) is 12.7 Å². The van der Waals surface area contributed by atoms with Crippen molar-refractivity contribution in [1.82, 2.24) is 0 Å². The molecule has 2 unspecified atom stereocenters. The molecule has 1 heteroatoms. The molecule has 1 saturated carbocycles. The highest BCUT2D eigenvalue weighted by Crippen LogP contribution is 2.31. The standard InChI is InChI=1S/C11H20O/c1-2-5-10-6-4-7-11(9-10)12-8-3-1/h10-11H,1-9H2. The van der Waals surface area contributed by atoms with Gasteiger partial charge < -0.3 is 4.74 Å². The average molecular weight is 168 g/mol. The zero-order valence-corrected chi connectivity index (χ0v) is 7.93. The van der Waals surface area contributed by atoms with Crippen molar-refractivity contribution < 1.29 is 4.74 Å². The smallest absolute Gasteiger partial charge is 0.0577 e. The van der Waals surface area contributed by atoms with Gasteiger partial charge in [0.05, 0.1) is 6.10 Å². The van der Waals surface area contributed by atoms with Gasteiger partial charge >= 0.3 is 0 Å². The lowest BCUT2D eigenvalue weighted by molar-refractivity contribution is 0.0158. The molecule has 2 rings (SSSR count). The molecule has 2 bridgehead atoms. The molecule has 2 atom stereocenters. The van der Waals surface area contributed by atoms with E-state index in [0.717, 1.165) is 12.5 Å². The number of ether oxygens (including phenoxy) is 1. The third-order valence-corrected chi connectivity index (χ3v) is 3.34. The molecule has 2 aliphatic rings. The van der Waals surface area contributed by atoms with Gasteiger partial charge in [0.1, 0.15) is 0 Å². The molecule has 1 nitrogen and oxygen atoms in total. The summed E-state index contributed by atoms with van der Waals surface area (Å²) in [6.45, 7) is 1.03. The molecule has 0 N–H and O–H groups in total. The molecule has 0 radical (unpaired) electrons. The van der Waals surface area contributed by atoms with Crippen LogP contribution in [0, 0.1) is 5.92 Å². The van der Waals surface area contributed by atoms with Gasteiger partial charge in [-0.25, -0.2) is 0 Å². The highest BCUT2D eigenvalue weighted by molar-refractivity contribution is 4.74. The Labute approximate surface area is 75.5 Å². The lowest BCUT2D eigenvalue weighted by atomic mass is 9.84. The summed E-state index contributed by atoms with van der Waals surface area (Å²) in [6, 6.07) is 0. The maximum absolute atomic E-state index is 5.83. The summed E-state index contributed by atoms with van der Waals surface area (Å²) in [5.41, 5.74) is 0. The Morgan fingerprint density at radius 2 is 1.75 bits per heavy atom. The van der Waals surface area contributed by atoms with Gasteiger partial charge in [-0.15, -0.1) is 0 Å². The first-order valence-corrected chi connectivity index (χ1v) is 5.57. The topological polar surface area (TPSA) is 9.23 Å². The fraction of sp³-hybridized carbons (Fsp3) is 1.00. The fourth-order valence-electron chi connectivity index (χ4n) is 2.62. The number of rotatable bonds is 0. The molecule has 12 heavy (non-hydrogen) atoms. The molecule has 0 aromatic carbocycles. The Bertz CT molecular complexity index is 119. The normalized spacial score (nSPS) is 38.0. The van der Waals surface area contributed by atoms with Gasteiger partial charge in [-0.1, -0.05) is 32.1 Å². The van der Waals surface area contributed by atoms with E-state index in [0.29, 0.717) is 6.10 Å². The van der Waals surface area contributed by atoms with E-state index < -0.39 is 0 Å². The van der Waals surface area contributed by atoms with Crippen LogP contribution in [0.5, 0.6) is 0 Å². The molecule has 1 aliphatic carbocycles. The summed E-state index contributed by atoms with van der Waals surface area (Å²) in [6.07, 6.45) is 11.8. The summed E-state index contributed by atoms with van der Waals surface area (Å²) < 4.78 is 5.83. The first kappa shape index (κ1) is 8.55. The maximum atomic E-state index is 5.83. The quantitative estimate of drug-likeness (QED) is 0.540. The first-order valence-electron chi connectivity index (χ1n) is 5.57. The lowest BCUT2D eigenvalue weighted by Gasteiger charge is -2.27. The van der Waals surface area contributed by atoms with E-state index in [2.05, 4.69) is 0 Å². The second-order valence-corrected chi connectivity index (χ2v) is 4.37. The van der Waals surface area contributed by atoms with Gasteiger partial charge in [0.2, 0.25) is 0 Å². The van der Waals surface area contributed by atoms with Crippen LogP contribution in [0.15, 0.2) is 0 Å². The third kappa shape index (κ3) is 2.22. The summed E-state index contributed by atoms with van der Waals surface area (Å²) in [5, 5.41) is 0. The molecule has 1 saturated heterocycles. The van der Waals surface area contributed by atoms with Crippen LogP contribution in [0.25, 0.3) is 0 Å². The van der Waals surface area contributed by atoms with Crippen molar-refractivity contribution in [2.75, 3.05) is 6.61 Å². The highest BCUT2D eigenvalue weighted by atomic mass is 16.5. The van der Waals surface area contributed by atoms with E-state index in [1.165, 1.54) is 51.4 Å². The van der Waals surface area contributed by atoms with Gasteiger partial charge in [0.15, 0.2) is 0 Å². The second kappa shape index (κ2) is 4.27. The van der Waals surface area contributed by atoms with Crippen LogP contribution in [0.4, 0.5) is 0 Å². The zero-order valence-electron chi connectivity index (χ0n) is 7.93. The molecule has 0 aromatic heterocycles. The molecule has 0 aromatic rings. The van der Waals surface area contributed by atoms with Crippen molar-refractivity contribution in [3.8, 4) is 0 Å². The van der Waals surface area contributed by atoms with E-state index in [-0.39, 0.29) is 0 Å². The zero-order chi connectivity index (χ0) is 8.23. The molecule has 2 fully saturated rings. The monoisotopic (exact) mass is 168 g/mol. The van der Waals surface area contributed by atoms with Gasteiger partial charge in [-0.05, 0) is 25.2 Å². The molecule has 0 spiro atoms. The minimum Gasteiger partial charge on any atom is -0.378 e. The summed E-state index contributed by atoms with van der Waals surface area (Å²) in [7, 11) is 0. The van der Waals surface area contributed by atoms with E-state index in [9.17, 15) is 0 Å². The van der Waals surface area contributed by atoms with Gasteiger partial charge in [0, 0.05) is 6.61 Å². The Morgan fingerprint density at radius 1 is 0.833 bits per heavy atom. The van der Waals surface area contributed by atoms with Gasteiger partial charge in [-0.2, -0.15) is 0 Å². The maximum Gasteiger partial charge on any atom is 0.0577 e. The van der Waals surface area contributed by atoms with Crippen molar-refractivity contribution in [1.29, 1.82) is 0 Å². The highest BCUT2D eigenvalue weighted by Gasteiger charge is 2.22. The summed E-state index contributed by atoms with van der Waals surface area (Å²) in [4.78, 5) is 0. The van der Waals surface area contributed by atoms with E-state index in [4.69, 9.17) is 4.74 Å². The summed E-state index contributed by atoms with van der Waals surface area (Å²) in [5.74, 6) is 1.00. The molecule has 0 amide bonds. The van der Waals surface area contributed by atoms with Gasteiger partial charge in [-0.3, -0.25) is 0 Å². The lowest BCUT2D eigenvalue weighted by Crippen LogP contribution is -2.22. The van der Waals surface area contributed by atoms with E-state index in [1.807, 2.05) is 0 Å². The number of hydrogen-bond donors (Lipinski definition) is 0. The van der Waals surface area contributed by atoms with Gasteiger partial charge in [0.25, 0.3) is 0 Å². The number of hydrogen-bond acceptors (Lipinski definition) is 1. The Balaban J connectivity index is 1.88. The Kier molecular flexibility index (Phi) is 3.04.